The summed E-state index contributed by atoms with van der Waals surface area (Å²) in [5, 5.41) is 9.09. The van der Waals surface area contributed by atoms with E-state index in [1.165, 1.54) is 21.9 Å². The van der Waals surface area contributed by atoms with Crippen molar-refractivity contribution in [1.82, 2.24) is 20.4 Å². The third-order valence-electron chi connectivity index (χ3n) is 5.07. The molecule has 2 aromatic carbocycles. The molecule has 2 heterocycles. The van der Waals surface area contributed by atoms with E-state index in [4.69, 9.17) is 0 Å². The number of benzene rings is 2. The predicted octanol–water partition coefficient (Wildman–Crippen LogP) is 2.32. The molecule has 0 saturated carbocycles. The highest BCUT2D eigenvalue weighted by atomic mass is 16.2. The normalized spacial score (nSPS) is 12.8. The van der Waals surface area contributed by atoms with Gasteiger partial charge in [-0.15, -0.1) is 0 Å². The summed E-state index contributed by atoms with van der Waals surface area (Å²) >= 11 is 0. The molecule has 0 atom stereocenters. The zero-order valence-corrected chi connectivity index (χ0v) is 15.4. The van der Waals surface area contributed by atoms with Gasteiger partial charge in [0.15, 0.2) is 0 Å². The summed E-state index contributed by atoms with van der Waals surface area (Å²) in [6.45, 7) is 6.19. The molecule has 0 fully saturated rings. The average molecular weight is 362 g/mol. The highest BCUT2D eigenvalue weighted by Crippen LogP contribution is 2.17. The molecule has 0 radical (unpaired) electrons. The Kier molecular flexibility index (Phi) is 4.41. The van der Waals surface area contributed by atoms with E-state index < -0.39 is 0 Å². The van der Waals surface area contributed by atoms with Crippen LogP contribution in [0.4, 0.5) is 0 Å². The largest absolute Gasteiger partial charge is 0.347 e. The number of aromatic amines is 1. The third-order valence-corrected chi connectivity index (χ3v) is 5.07. The minimum Gasteiger partial charge on any atom is -0.347 e. The predicted molar refractivity (Wildman–Crippen MR) is 104 cm³/mol. The summed E-state index contributed by atoms with van der Waals surface area (Å²) < 4.78 is 1.39. The summed E-state index contributed by atoms with van der Waals surface area (Å²) in [6, 6.07) is 13.3. The quantitative estimate of drug-likeness (QED) is 0.666. The fraction of sp³-hybridized carbons (Fsp3) is 0.238. The van der Waals surface area contributed by atoms with E-state index in [0.717, 1.165) is 29.8 Å². The Labute approximate surface area is 157 Å². The number of nitrogens with zero attached hydrogens (tertiary/aromatic N) is 1. The van der Waals surface area contributed by atoms with Gasteiger partial charge in [0.05, 0.1) is 5.69 Å². The summed E-state index contributed by atoms with van der Waals surface area (Å²) in [7, 11) is 0. The van der Waals surface area contributed by atoms with Gasteiger partial charge < -0.3 is 10.6 Å². The first kappa shape index (κ1) is 17.3. The number of carbonyl (C=O) groups excluding carboxylic acids is 1. The molecule has 3 N–H and O–H groups in total. The second kappa shape index (κ2) is 6.89. The molecule has 27 heavy (non-hydrogen) atoms. The molecule has 6 nitrogen and oxygen atoms in total. The van der Waals surface area contributed by atoms with Crippen molar-refractivity contribution in [3.8, 4) is 5.69 Å². The number of hydrogen-bond acceptors (Lipinski definition) is 3. The minimum absolute atomic E-state index is 0.251. The molecule has 138 valence electrons. The molecule has 1 aromatic heterocycles. The maximum atomic E-state index is 12.5. The van der Waals surface area contributed by atoms with Crippen LogP contribution in [0.5, 0.6) is 0 Å². The van der Waals surface area contributed by atoms with Crippen molar-refractivity contribution >= 4 is 5.91 Å². The number of hydrogen-bond donors (Lipinski definition) is 3. The molecule has 3 aromatic rings. The molecule has 4 rings (SSSR count). The van der Waals surface area contributed by atoms with Gasteiger partial charge in [0.2, 0.25) is 0 Å². The van der Waals surface area contributed by atoms with Gasteiger partial charge in [-0.25, -0.2) is 4.68 Å². The third kappa shape index (κ3) is 3.44. The zero-order valence-electron chi connectivity index (χ0n) is 15.4. The molecule has 6 heteroatoms. The smallest absolute Gasteiger partial charge is 0.271 e. The van der Waals surface area contributed by atoms with Crippen LogP contribution >= 0.6 is 0 Å². The van der Waals surface area contributed by atoms with Crippen molar-refractivity contribution in [3.63, 3.8) is 0 Å². The maximum absolute atomic E-state index is 12.5. The van der Waals surface area contributed by atoms with E-state index in [1.54, 1.807) is 0 Å². The first-order valence-corrected chi connectivity index (χ1v) is 9.00. The van der Waals surface area contributed by atoms with Gasteiger partial charge in [-0.1, -0.05) is 24.3 Å². The molecule has 0 saturated heterocycles. The number of aromatic nitrogens is 2. The number of aryl methyl sites for hydroxylation is 2. The number of amides is 1. The lowest BCUT2D eigenvalue weighted by Crippen LogP contribution is -2.23. The van der Waals surface area contributed by atoms with E-state index in [2.05, 4.69) is 27.9 Å². The summed E-state index contributed by atoms with van der Waals surface area (Å²) in [5.41, 5.74) is 6.57. The van der Waals surface area contributed by atoms with Crippen LogP contribution in [0.25, 0.3) is 5.69 Å². The lowest BCUT2D eigenvalue weighted by molar-refractivity contribution is 0.0945. The van der Waals surface area contributed by atoms with Crippen LogP contribution in [0.2, 0.25) is 0 Å². The van der Waals surface area contributed by atoms with Crippen molar-refractivity contribution in [2.45, 2.75) is 33.5 Å². The van der Waals surface area contributed by atoms with Gasteiger partial charge in [-0.3, -0.25) is 14.7 Å². The van der Waals surface area contributed by atoms with E-state index in [0.29, 0.717) is 12.2 Å². The van der Waals surface area contributed by atoms with E-state index in [-0.39, 0.29) is 17.2 Å². The van der Waals surface area contributed by atoms with E-state index >= 15 is 0 Å². The molecule has 1 amide bonds. The molecule has 0 bridgehead atoms. The highest BCUT2D eigenvalue weighted by molar-refractivity contribution is 5.92. The van der Waals surface area contributed by atoms with Gasteiger partial charge in [0, 0.05) is 25.7 Å². The molecule has 0 spiro atoms. The van der Waals surface area contributed by atoms with Crippen LogP contribution in [0.1, 0.15) is 38.3 Å². The van der Waals surface area contributed by atoms with Gasteiger partial charge in [-0.05, 0) is 53.8 Å². The van der Waals surface area contributed by atoms with Crippen LogP contribution < -0.4 is 16.2 Å². The molecular formula is C21H22N4O2. The number of rotatable bonds is 4. The Morgan fingerprint density at radius 2 is 1.85 bits per heavy atom. The van der Waals surface area contributed by atoms with Crippen molar-refractivity contribution < 1.29 is 4.79 Å². The Morgan fingerprint density at radius 1 is 1.04 bits per heavy atom. The van der Waals surface area contributed by atoms with E-state index in [9.17, 15) is 9.59 Å². The number of nitrogens with one attached hydrogen (secondary N) is 3. The van der Waals surface area contributed by atoms with Crippen LogP contribution in [0.3, 0.4) is 0 Å². The fourth-order valence-corrected chi connectivity index (χ4v) is 3.30. The molecule has 0 aliphatic carbocycles. The lowest BCUT2D eigenvalue weighted by atomic mass is 10.1. The van der Waals surface area contributed by atoms with Crippen LogP contribution in [0.15, 0.2) is 47.3 Å². The maximum Gasteiger partial charge on any atom is 0.271 e. The van der Waals surface area contributed by atoms with Crippen molar-refractivity contribution in [3.05, 3.63) is 86.3 Å². The van der Waals surface area contributed by atoms with Crippen LogP contribution in [0, 0.1) is 13.8 Å². The van der Waals surface area contributed by atoms with Crippen molar-refractivity contribution in [2.75, 3.05) is 0 Å². The standard InChI is InChI=1S/C21H22N4O2/c1-13-3-6-18(7-14(13)2)25-20(26)9-19(24-25)21(27)23-10-15-4-5-16-11-22-12-17(16)8-15/h3-9,22,24H,10-12H2,1-2H3,(H,23,27). The second-order valence-electron chi connectivity index (χ2n) is 7.00. The topological polar surface area (TPSA) is 78.9 Å². The summed E-state index contributed by atoms with van der Waals surface area (Å²) in [5.74, 6) is -0.298. The fourth-order valence-electron chi connectivity index (χ4n) is 3.30. The Balaban J connectivity index is 1.49. The molecule has 0 unspecified atom stereocenters. The van der Waals surface area contributed by atoms with Crippen LogP contribution in [-0.4, -0.2) is 15.7 Å². The minimum atomic E-state index is -0.298. The number of H-pyrrole nitrogens is 1. The first-order chi connectivity index (χ1) is 13.0. The van der Waals surface area contributed by atoms with Crippen molar-refractivity contribution in [2.24, 2.45) is 0 Å². The number of fused-ring (bicyclic) bond motifs is 1. The van der Waals surface area contributed by atoms with Gasteiger partial charge >= 0.3 is 0 Å². The summed E-state index contributed by atoms with van der Waals surface area (Å²) in [4.78, 5) is 24.8. The molecular weight excluding hydrogens is 340 g/mol. The highest BCUT2D eigenvalue weighted by Gasteiger charge is 2.14. The monoisotopic (exact) mass is 362 g/mol. The SMILES string of the molecule is Cc1ccc(-n2[nH]c(C(=O)NCc3ccc4c(c3)CNC4)cc2=O)cc1C. The van der Waals surface area contributed by atoms with Crippen molar-refractivity contribution in [1.29, 1.82) is 0 Å². The Hall–Kier alpha value is -3.12. The lowest BCUT2D eigenvalue weighted by Gasteiger charge is -2.07. The Morgan fingerprint density at radius 3 is 2.67 bits per heavy atom. The van der Waals surface area contributed by atoms with Crippen LogP contribution in [-0.2, 0) is 19.6 Å². The Bertz CT molecular complexity index is 1080. The van der Waals surface area contributed by atoms with E-state index in [1.807, 2.05) is 38.1 Å². The number of carbonyl (C=O) groups is 1. The average Bonchev–Trinajstić information content (AvgIpc) is 3.28. The second-order valence-corrected chi connectivity index (χ2v) is 7.00. The van der Waals surface area contributed by atoms with Gasteiger partial charge in [-0.2, -0.15) is 0 Å². The molecule has 1 aliphatic rings. The van der Waals surface area contributed by atoms with Gasteiger partial charge in [0.1, 0.15) is 5.69 Å². The molecule has 1 aliphatic heterocycles. The summed E-state index contributed by atoms with van der Waals surface area (Å²) in [6.07, 6.45) is 0. The van der Waals surface area contributed by atoms with Gasteiger partial charge in [0.25, 0.3) is 11.5 Å². The first-order valence-electron chi connectivity index (χ1n) is 9.00. The zero-order chi connectivity index (χ0) is 19.0.